The lowest BCUT2D eigenvalue weighted by Crippen LogP contribution is -2.34. The van der Waals surface area contributed by atoms with E-state index in [0.29, 0.717) is 5.75 Å². The lowest BCUT2D eigenvalue weighted by molar-refractivity contribution is -0.134. The molecule has 2 aromatic rings. The molecule has 0 aliphatic heterocycles. The van der Waals surface area contributed by atoms with E-state index >= 15 is 0 Å². The molecule has 0 spiro atoms. The number of carbonyl (C=O) groups is 1. The minimum absolute atomic E-state index is 0.118. The minimum Gasteiger partial charge on any atom is -0.425 e. The molecular formula is C17H18BrNO4S. The lowest BCUT2D eigenvalue weighted by atomic mass is 10.1. The first-order valence-electron chi connectivity index (χ1n) is 7.20. The van der Waals surface area contributed by atoms with E-state index in [1.54, 1.807) is 18.2 Å². The SMILES string of the molecule is Cc1ccc(OC(=O)CN(C)S(=O)(=O)c2ccc(Br)cc2)c(C)c1. The topological polar surface area (TPSA) is 63.7 Å². The van der Waals surface area contributed by atoms with Crippen molar-refractivity contribution in [1.82, 2.24) is 4.31 Å². The van der Waals surface area contributed by atoms with Crippen molar-refractivity contribution in [3.8, 4) is 5.75 Å². The van der Waals surface area contributed by atoms with Crippen LogP contribution < -0.4 is 4.74 Å². The molecule has 0 saturated carbocycles. The number of carbonyl (C=O) groups excluding carboxylic acids is 1. The van der Waals surface area contributed by atoms with Crippen LogP contribution in [0.3, 0.4) is 0 Å². The average molecular weight is 412 g/mol. The van der Waals surface area contributed by atoms with Crippen molar-refractivity contribution in [3.63, 3.8) is 0 Å². The van der Waals surface area contributed by atoms with Gasteiger partial charge in [-0.2, -0.15) is 4.31 Å². The summed E-state index contributed by atoms with van der Waals surface area (Å²) in [6.07, 6.45) is 0. The van der Waals surface area contributed by atoms with Gasteiger partial charge in [0.25, 0.3) is 0 Å². The molecule has 2 rings (SSSR count). The highest BCUT2D eigenvalue weighted by Gasteiger charge is 2.24. The zero-order chi connectivity index (χ0) is 17.9. The van der Waals surface area contributed by atoms with Crippen molar-refractivity contribution in [3.05, 3.63) is 58.1 Å². The van der Waals surface area contributed by atoms with Gasteiger partial charge in [0, 0.05) is 11.5 Å². The molecule has 128 valence electrons. The number of hydrogen-bond acceptors (Lipinski definition) is 4. The Morgan fingerprint density at radius 3 is 2.33 bits per heavy atom. The molecule has 0 atom stereocenters. The molecule has 0 aromatic heterocycles. The predicted molar refractivity (Wildman–Crippen MR) is 95.5 cm³/mol. The van der Waals surface area contributed by atoms with Crippen molar-refractivity contribution in [1.29, 1.82) is 0 Å². The van der Waals surface area contributed by atoms with E-state index in [2.05, 4.69) is 15.9 Å². The van der Waals surface area contributed by atoms with Crippen molar-refractivity contribution in [2.24, 2.45) is 0 Å². The molecule has 0 aliphatic carbocycles. The maximum absolute atomic E-state index is 12.4. The molecule has 0 radical (unpaired) electrons. The van der Waals surface area contributed by atoms with Gasteiger partial charge in [-0.05, 0) is 49.7 Å². The summed E-state index contributed by atoms with van der Waals surface area (Å²) in [6.45, 7) is 3.40. The van der Waals surface area contributed by atoms with Crippen LogP contribution in [0.25, 0.3) is 0 Å². The van der Waals surface area contributed by atoms with Gasteiger partial charge in [-0.3, -0.25) is 4.79 Å². The van der Waals surface area contributed by atoms with Crippen LogP contribution >= 0.6 is 15.9 Å². The summed E-state index contributed by atoms with van der Waals surface area (Å²) in [6, 6.07) is 11.6. The average Bonchev–Trinajstić information content (AvgIpc) is 2.50. The van der Waals surface area contributed by atoms with Crippen LogP contribution in [-0.4, -0.2) is 32.3 Å². The van der Waals surface area contributed by atoms with E-state index in [9.17, 15) is 13.2 Å². The standard InChI is InChI=1S/C17H18BrNO4S/c1-12-4-9-16(13(2)10-12)23-17(20)11-19(3)24(21,22)15-7-5-14(18)6-8-15/h4-10H,11H2,1-3H3. The van der Waals surface area contributed by atoms with Gasteiger partial charge < -0.3 is 4.74 Å². The zero-order valence-corrected chi connectivity index (χ0v) is 16.0. The number of aryl methyl sites for hydroxylation is 2. The first kappa shape index (κ1) is 18.6. The third-order valence-electron chi connectivity index (χ3n) is 3.43. The molecule has 0 saturated heterocycles. The second-order valence-electron chi connectivity index (χ2n) is 5.46. The summed E-state index contributed by atoms with van der Waals surface area (Å²) in [5, 5.41) is 0. The Morgan fingerprint density at radius 1 is 1.12 bits per heavy atom. The molecule has 2 aromatic carbocycles. The number of nitrogens with zero attached hydrogens (tertiary/aromatic N) is 1. The maximum atomic E-state index is 12.4. The fourth-order valence-electron chi connectivity index (χ4n) is 2.12. The molecule has 0 heterocycles. The van der Waals surface area contributed by atoms with Crippen molar-refractivity contribution >= 4 is 31.9 Å². The number of rotatable bonds is 5. The number of esters is 1. The summed E-state index contributed by atoms with van der Waals surface area (Å²) in [4.78, 5) is 12.2. The number of ether oxygens (including phenoxy) is 1. The van der Waals surface area contributed by atoms with Gasteiger partial charge >= 0.3 is 5.97 Å². The Hall–Kier alpha value is -1.70. The minimum atomic E-state index is -3.75. The second kappa shape index (κ2) is 7.46. The summed E-state index contributed by atoms with van der Waals surface area (Å²) in [5.74, 6) is -0.204. The number of halogens is 1. The molecule has 24 heavy (non-hydrogen) atoms. The normalized spacial score (nSPS) is 11.5. The van der Waals surface area contributed by atoms with Crippen molar-refractivity contribution in [2.75, 3.05) is 13.6 Å². The molecule has 0 unspecified atom stereocenters. The van der Waals surface area contributed by atoms with E-state index < -0.39 is 16.0 Å². The van der Waals surface area contributed by atoms with E-state index in [4.69, 9.17) is 4.74 Å². The number of hydrogen-bond donors (Lipinski definition) is 0. The van der Waals surface area contributed by atoms with E-state index in [1.165, 1.54) is 19.2 Å². The Kier molecular flexibility index (Phi) is 5.79. The van der Waals surface area contributed by atoms with Gasteiger partial charge in [-0.1, -0.05) is 33.6 Å². The van der Waals surface area contributed by atoms with Gasteiger partial charge in [0.05, 0.1) is 4.90 Å². The van der Waals surface area contributed by atoms with Crippen LogP contribution in [0.1, 0.15) is 11.1 Å². The van der Waals surface area contributed by atoms with Gasteiger partial charge in [0.15, 0.2) is 0 Å². The summed E-state index contributed by atoms with van der Waals surface area (Å²) >= 11 is 3.26. The van der Waals surface area contributed by atoms with Crippen LogP contribution in [0.5, 0.6) is 5.75 Å². The molecule has 0 fully saturated rings. The monoisotopic (exact) mass is 411 g/mol. The first-order valence-corrected chi connectivity index (χ1v) is 9.43. The molecular weight excluding hydrogens is 394 g/mol. The quantitative estimate of drug-likeness (QED) is 0.559. The number of likely N-dealkylation sites (N-methyl/N-ethyl adjacent to an activating group) is 1. The second-order valence-corrected chi connectivity index (χ2v) is 8.42. The van der Waals surface area contributed by atoms with Gasteiger partial charge in [-0.25, -0.2) is 8.42 Å². The largest absolute Gasteiger partial charge is 0.425 e. The summed E-state index contributed by atoms with van der Waals surface area (Å²) in [7, 11) is -2.40. The fourth-order valence-corrected chi connectivity index (χ4v) is 3.50. The van der Waals surface area contributed by atoms with Crippen molar-refractivity contribution < 1.29 is 17.9 Å². The van der Waals surface area contributed by atoms with Gasteiger partial charge in [0.1, 0.15) is 12.3 Å². The highest BCUT2D eigenvalue weighted by atomic mass is 79.9. The molecule has 0 aliphatic rings. The fraction of sp³-hybridized carbons (Fsp3) is 0.235. The molecule has 7 heteroatoms. The lowest BCUT2D eigenvalue weighted by Gasteiger charge is -2.17. The van der Waals surface area contributed by atoms with E-state index in [0.717, 1.165) is 19.9 Å². The van der Waals surface area contributed by atoms with E-state index in [1.807, 2.05) is 26.0 Å². The van der Waals surface area contributed by atoms with Gasteiger partial charge in [0.2, 0.25) is 10.0 Å². The Labute approximate surface area is 150 Å². The maximum Gasteiger partial charge on any atom is 0.326 e. The van der Waals surface area contributed by atoms with Crippen LogP contribution in [0.4, 0.5) is 0 Å². The zero-order valence-electron chi connectivity index (χ0n) is 13.6. The van der Waals surface area contributed by atoms with Crippen LogP contribution in [0.2, 0.25) is 0 Å². The Morgan fingerprint density at radius 2 is 1.75 bits per heavy atom. The Balaban J connectivity index is 2.09. The number of benzene rings is 2. The van der Waals surface area contributed by atoms with Crippen LogP contribution in [0, 0.1) is 13.8 Å². The molecule has 5 nitrogen and oxygen atoms in total. The smallest absolute Gasteiger partial charge is 0.326 e. The molecule has 0 amide bonds. The van der Waals surface area contributed by atoms with Gasteiger partial charge in [-0.15, -0.1) is 0 Å². The van der Waals surface area contributed by atoms with Crippen molar-refractivity contribution in [2.45, 2.75) is 18.7 Å². The number of sulfonamides is 1. The summed E-state index contributed by atoms with van der Waals surface area (Å²) in [5.41, 5.74) is 1.88. The third kappa shape index (κ3) is 4.43. The third-order valence-corrected chi connectivity index (χ3v) is 5.77. The summed E-state index contributed by atoms with van der Waals surface area (Å²) < 4.78 is 31.9. The highest BCUT2D eigenvalue weighted by molar-refractivity contribution is 9.10. The predicted octanol–water partition coefficient (Wildman–Crippen LogP) is 3.29. The highest BCUT2D eigenvalue weighted by Crippen LogP contribution is 2.20. The Bertz CT molecular complexity index is 847. The first-order chi connectivity index (χ1) is 11.2. The molecule has 0 N–H and O–H groups in total. The van der Waals surface area contributed by atoms with Crippen LogP contribution in [-0.2, 0) is 14.8 Å². The van der Waals surface area contributed by atoms with E-state index in [-0.39, 0.29) is 11.4 Å². The van der Waals surface area contributed by atoms with Crippen LogP contribution in [0.15, 0.2) is 51.8 Å². The molecule has 0 bridgehead atoms.